The molecule has 0 heterocycles. The van der Waals surface area contributed by atoms with E-state index in [1.165, 1.54) is 4.90 Å². The van der Waals surface area contributed by atoms with Crippen molar-refractivity contribution >= 4 is 29.1 Å². The number of hydrogen-bond donors (Lipinski definition) is 2. The number of anilines is 2. The summed E-state index contributed by atoms with van der Waals surface area (Å²) in [6, 6.07) is 14.5. The predicted octanol–water partition coefficient (Wildman–Crippen LogP) is 2.46. The minimum atomic E-state index is -0.215. The quantitative estimate of drug-likeness (QED) is 0.718. The minimum Gasteiger partial charge on any atom is -0.376 e. The molecule has 7 nitrogen and oxygen atoms in total. The number of rotatable bonds is 8. The van der Waals surface area contributed by atoms with Gasteiger partial charge in [-0.3, -0.25) is 14.4 Å². The van der Waals surface area contributed by atoms with Gasteiger partial charge in [-0.25, -0.2) is 0 Å². The predicted molar refractivity (Wildman–Crippen MR) is 115 cm³/mol. The first kappa shape index (κ1) is 21.9. The number of carbonyl (C=O) groups is 3. The van der Waals surface area contributed by atoms with Crippen molar-refractivity contribution in [3.8, 4) is 0 Å². The van der Waals surface area contributed by atoms with Crippen molar-refractivity contribution in [1.82, 2.24) is 9.80 Å². The van der Waals surface area contributed by atoms with E-state index in [9.17, 15) is 14.4 Å². The molecular formula is C22H28N4O3. The fourth-order valence-corrected chi connectivity index (χ4v) is 2.69. The largest absolute Gasteiger partial charge is 0.376 e. The summed E-state index contributed by atoms with van der Waals surface area (Å²) in [4.78, 5) is 39.1. The number of nitrogens with one attached hydrogen (secondary N) is 2. The van der Waals surface area contributed by atoms with Crippen LogP contribution < -0.4 is 10.6 Å². The Kier molecular flexibility index (Phi) is 7.77. The summed E-state index contributed by atoms with van der Waals surface area (Å²) >= 11 is 0. The van der Waals surface area contributed by atoms with Crippen LogP contribution in [-0.4, -0.2) is 62.3 Å². The van der Waals surface area contributed by atoms with Gasteiger partial charge in [-0.05, 0) is 42.3 Å². The van der Waals surface area contributed by atoms with Gasteiger partial charge in [0.1, 0.15) is 0 Å². The molecule has 2 rings (SSSR count). The molecule has 2 N–H and O–H groups in total. The molecule has 0 atom stereocenters. The van der Waals surface area contributed by atoms with Crippen LogP contribution in [0.3, 0.4) is 0 Å². The summed E-state index contributed by atoms with van der Waals surface area (Å²) in [6.07, 6.45) is 1.09. The van der Waals surface area contributed by atoms with Gasteiger partial charge in [0.25, 0.3) is 5.91 Å². The third-order valence-electron chi connectivity index (χ3n) is 4.31. The molecule has 0 bridgehead atoms. The molecule has 0 unspecified atom stereocenters. The first-order valence-corrected chi connectivity index (χ1v) is 9.41. The van der Waals surface area contributed by atoms with Crippen molar-refractivity contribution in [2.75, 3.05) is 45.4 Å². The average Bonchev–Trinajstić information content (AvgIpc) is 2.70. The van der Waals surface area contributed by atoms with Crippen LogP contribution in [-0.2, 0) is 16.0 Å². The van der Waals surface area contributed by atoms with E-state index in [2.05, 4.69) is 10.6 Å². The van der Waals surface area contributed by atoms with Crippen LogP contribution in [0.15, 0.2) is 48.5 Å². The highest BCUT2D eigenvalue weighted by Gasteiger charge is 2.10. The van der Waals surface area contributed by atoms with Gasteiger partial charge in [0.15, 0.2) is 0 Å². The normalized spacial score (nSPS) is 10.2. The van der Waals surface area contributed by atoms with E-state index in [1.807, 2.05) is 24.3 Å². The maximum atomic E-state index is 12.3. The van der Waals surface area contributed by atoms with E-state index >= 15 is 0 Å². The number of amides is 3. The molecule has 3 amide bonds. The van der Waals surface area contributed by atoms with Crippen LogP contribution in [0.1, 0.15) is 22.3 Å². The molecule has 2 aromatic carbocycles. The van der Waals surface area contributed by atoms with Crippen LogP contribution in [0.25, 0.3) is 0 Å². The third kappa shape index (κ3) is 6.95. The molecule has 154 valence electrons. The Morgan fingerprint density at radius 2 is 1.55 bits per heavy atom. The van der Waals surface area contributed by atoms with Crippen LogP contribution in [0.2, 0.25) is 0 Å². The lowest BCUT2D eigenvalue weighted by Crippen LogP contribution is -2.23. The first-order chi connectivity index (χ1) is 13.8. The van der Waals surface area contributed by atoms with E-state index in [4.69, 9.17) is 0 Å². The number of benzene rings is 2. The van der Waals surface area contributed by atoms with Crippen molar-refractivity contribution < 1.29 is 14.4 Å². The zero-order valence-electron chi connectivity index (χ0n) is 17.4. The van der Waals surface area contributed by atoms with Crippen LogP contribution in [0, 0.1) is 0 Å². The summed E-state index contributed by atoms with van der Waals surface area (Å²) in [5.74, 6) is -0.255. The number of carbonyl (C=O) groups excluding carboxylic acids is 3. The molecular weight excluding hydrogens is 368 g/mol. The fourth-order valence-electron chi connectivity index (χ4n) is 2.69. The SMILES string of the molecule is CN(C)C(=O)CCc1cccc(NCC(=O)Nc2cccc(C(=O)N(C)C)c2)c1. The summed E-state index contributed by atoms with van der Waals surface area (Å²) < 4.78 is 0. The van der Waals surface area contributed by atoms with Gasteiger partial charge in [-0.2, -0.15) is 0 Å². The zero-order valence-corrected chi connectivity index (χ0v) is 17.4. The Morgan fingerprint density at radius 3 is 2.24 bits per heavy atom. The fraction of sp³-hybridized carbons (Fsp3) is 0.318. The highest BCUT2D eigenvalue weighted by Crippen LogP contribution is 2.14. The summed E-state index contributed by atoms with van der Waals surface area (Å²) in [6.45, 7) is 0.0892. The van der Waals surface area contributed by atoms with Crippen LogP contribution in [0.4, 0.5) is 11.4 Å². The van der Waals surface area contributed by atoms with E-state index in [-0.39, 0.29) is 24.3 Å². The lowest BCUT2D eigenvalue weighted by atomic mass is 10.1. The van der Waals surface area contributed by atoms with Crippen molar-refractivity contribution in [2.24, 2.45) is 0 Å². The topological polar surface area (TPSA) is 81.8 Å². The Bertz CT molecular complexity index is 878. The first-order valence-electron chi connectivity index (χ1n) is 9.41. The second-order valence-electron chi connectivity index (χ2n) is 7.17. The van der Waals surface area contributed by atoms with Crippen molar-refractivity contribution in [3.05, 3.63) is 59.7 Å². The number of hydrogen-bond acceptors (Lipinski definition) is 4. The van der Waals surface area contributed by atoms with Crippen molar-refractivity contribution in [1.29, 1.82) is 0 Å². The standard InChI is InChI=1S/C22H28N4O3/c1-25(2)21(28)12-11-16-7-5-9-18(13-16)23-15-20(27)24-19-10-6-8-17(14-19)22(29)26(3)4/h5-10,13-14,23H,11-12,15H2,1-4H3,(H,24,27). The molecule has 0 aliphatic heterocycles. The maximum Gasteiger partial charge on any atom is 0.253 e. The van der Waals surface area contributed by atoms with Gasteiger partial charge in [0.05, 0.1) is 6.54 Å². The summed E-state index contributed by atoms with van der Waals surface area (Å²) in [5, 5.41) is 5.88. The molecule has 0 radical (unpaired) electrons. The molecule has 0 aliphatic carbocycles. The summed E-state index contributed by atoms with van der Waals surface area (Å²) in [5.41, 5.74) is 2.92. The monoisotopic (exact) mass is 396 g/mol. The maximum absolute atomic E-state index is 12.3. The van der Waals surface area contributed by atoms with E-state index in [0.717, 1.165) is 11.3 Å². The van der Waals surface area contributed by atoms with Gasteiger partial charge in [0.2, 0.25) is 11.8 Å². The Hall–Kier alpha value is -3.35. The van der Waals surface area contributed by atoms with Crippen molar-refractivity contribution in [3.63, 3.8) is 0 Å². The Labute approximate surface area is 171 Å². The van der Waals surface area contributed by atoms with Gasteiger partial charge >= 0.3 is 0 Å². The van der Waals surface area contributed by atoms with E-state index < -0.39 is 0 Å². The van der Waals surface area contributed by atoms with Crippen LogP contribution in [0.5, 0.6) is 0 Å². The Balaban J connectivity index is 1.89. The molecule has 0 spiro atoms. The lowest BCUT2D eigenvalue weighted by molar-refractivity contribution is -0.128. The van der Waals surface area contributed by atoms with Gasteiger partial charge < -0.3 is 20.4 Å². The second kappa shape index (κ2) is 10.3. The lowest BCUT2D eigenvalue weighted by Gasteiger charge is -2.13. The molecule has 0 saturated carbocycles. The Morgan fingerprint density at radius 1 is 0.862 bits per heavy atom. The smallest absolute Gasteiger partial charge is 0.253 e. The highest BCUT2D eigenvalue weighted by molar-refractivity contribution is 5.97. The molecule has 0 saturated heterocycles. The second-order valence-corrected chi connectivity index (χ2v) is 7.17. The molecule has 0 aliphatic rings. The van der Waals surface area contributed by atoms with E-state index in [0.29, 0.717) is 24.1 Å². The van der Waals surface area contributed by atoms with Gasteiger partial charge in [0, 0.05) is 51.5 Å². The zero-order chi connectivity index (χ0) is 21.4. The molecule has 7 heteroatoms. The average molecular weight is 396 g/mol. The third-order valence-corrected chi connectivity index (χ3v) is 4.31. The highest BCUT2D eigenvalue weighted by atomic mass is 16.2. The van der Waals surface area contributed by atoms with Gasteiger partial charge in [-0.15, -0.1) is 0 Å². The number of nitrogens with zero attached hydrogens (tertiary/aromatic N) is 2. The van der Waals surface area contributed by atoms with Gasteiger partial charge in [-0.1, -0.05) is 18.2 Å². The number of aryl methyl sites for hydroxylation is 1. The molecule has 0 fully saturated rings. The molecule has 29 heavy (non-hydrogen) atoms. The van der Waals surface area contributed by atoms with E-state index in [1.54, 1.807) is 57.4 Å². The summed E-state index contributed by atoms with van der Waals surface area (Å²) in [7, 11) is 6.85. The van der Waals surface area contributed by atoms with Crippen LogP contribution >= 0.6 is 0 Å². The van der Waals surface area contributed by atoms with Crippen molar-refractivity contribution in [2.45, 2.75) is 12.8 Å². The molecule has 2 aromatic rings. The minimum absolute atomic E-state index is 0.0812. The molecule has 0 aromatic heterocycles.